The van der Waals surface area contributed by atoms with Crippen LogP contribution < -0.4 is 0 Å². The van der Waals surface area contributed by atoms with Crippen molar-refractivity contribution in [2.24, 2.45) is 0 Å². The summed E-state index contributed by atoms with van der Waals surface area (Å²) in [5.74, 6) is -1.24. The average molecular weight is 428 g/mol. The number of allylic oxidation sites excluding steroid dienone is 3. The summed E-state index contributed by atoms with van der Waals surface area (Å²) in [4.78, 5) is 12.8. The molecular formula is C27H24O5. The molecule has 0 bridgehead atoms. The molecule has 5 heteroatoms. The number of ketones is 1. The van der Waals surface area contributed by atoms with Crippen LogP contribution in [-0.2, 0) is 4.79 Å². The van der Waals surface area contributed by atoms with E-state index < -0.39 is 0 Å². The maximum atomic E-state index is 12.8. The van der Waals surface area contributed by atoms with Crippen molar-refractivity contribution in [1.29, 1.82) is 0 Å². The predicted molar refractivity (Wildman–Crippen MR) is 123 cm³/mol. The second-order valence-corrected chi connectivity index (χ2v) is 8.08. The van der Waals surface area contributed by atoms with Crippen molar-refractivity contribution < 1.29 is 25.2 Å². The fraction of sp³-hybridized carbons (Fsp3) is 0.148. The van der Waals surface area contributed by atoms with E-state index in [1.165, 1.54) is 18.2 Å². The van der Waals surface area contributed by atoms with Crippen molar-refractivity contribution in [1.82, 2.24) is 0 Å². The second-order valence-electron chi connectivity index (χ2n) is 8.08. The fourth-order valence-electron chi connectivity index (χ4n) is 4.27. The Morgan fingerprint density at radius 3 is 2.06 bits per heavy atom. The molecule has 0 amide bonds. The molecule has 4 rings (SSSR count). The number of carbonyl (C=O) groups excluding carboxylic acids is 1. The van der Waals surface area contributed by atoms with E-state index in [0.29, 0.717) is 17.5 Å². The van der Waals surface area contributed by atoms with E-state index in [9.17, 15) is 25.2 Å². The Hall–Kier alpha value is -3.99. The molecule has 3 aromatic carbocycles. The van der Waals surface area contributed by atoms with Gasteiger partial charge >= 0.3 is 0 Å². The van der Waals surface area contributed by atoms with Crippen molar-refractivity contribution in [2.45, 2.75) is 24.7 Å². The van der Waals surface area contributed by atoms with Crippen LogP contribution in [0.4, 0.5) is 0 Å². The Morgan fingerprint density at radius 2 is 1.38 bits per heavy atom. The second kappa shape index (κ2) is 9.02. The van der Waals surface area contributed by atoms with Gasteiger partial charge in [-0.15, -0.1) is 0 Å². The molecule has 0 heterocycles. The molecule has 0 aliphatic heterocycles. The first-order valence-electron chi connectivity index (χ1n) is 10.4. The smallest absolute Gasteiger partial charge is 0.157 e. The van der Waals surface area contributed by atoms with Gasteiger partial charge in [0, 0.05) is 12.5 Å². The highest BCUT2D eigenvalue weighted by Gasteiger charge is 2.31. The number of phenolic OH excluding ortho intramolecular Hbond substituents is 4. The van der Waals surface area contributed by atoms with E-state index in [1.807, 2.05) is 42.5 Å². The molecule has 5 nitrogen and oxygen atoms in total. The van der Waals surface area contributed by atoms with Gasteiger partial charge in [0.1, 0.15) is 11.5 Å². The first-order chi connectivity index (χ1) is 15.4. The maximum Gasteiger partial charge on any atom is 0.157 e. The highest BCUT2D eigenvalue weighted by molar-refractivity contribution is 5.92. The van der Waals surface area contributed by atoms with E-state index in [1.54, 1.807) is 24.3 Å². The monoisotopic (exact) mass is 428 g/mol. The topological polar surface area (TPSA) is 98.0 Å². The van der Waals surface area contributed by atoms with Gasteiger partial charge in [0.2, 0.25) is 0 Å². The lowest BCUT2D eigenvalue weighted by Gasteiger charge is -2.27. The summed E-state index contributed by atoms with van der Waals surface area (Å²) in [7, 11) is 0. The van der Waals surface area contributed by atoms with Crippen molar-refractivity contribution in [2.75, 3.05) is 0 Å². The first kappa shape index (κ1) is 21.2. The summed E-state index contributed by atoms with van der Waals surface area (Å²) < 4.78 is 0. The SMILES string of the molecule is O=C1C=C(C=Cc2ccccc2)CC(c2cc(O)cc(O)c2)C(c2ccc(O)c(O)c2)C1. The molecule has 32 heavy (non-hydrogen) atoms. The van der Waals surface area contributed by atoms with E-state index in [0.717, 1.165) is 11.1 Å². The summed E-state index contributed by atoms with van der Waals surface area (Å²) in [6.45, 7) is 0. The molecule has 0 aromatic heterocycles. The molecule has 3 aromatic rings. The predicted octanol–water partition coefficient (Wildman–Crippen LogP) is 5.38. The minimum absolute atomic E-state index is 0.0536. The lowest BCUT2D eigenvalue weighted by molar-refractivity contribution is -0.115. The van der Waals surface area contributed by atoms with Gasteiger partial charge < -0.3 is 20.4 Å². The van der Waals surface area contributed by atoms with Crippen LogP contribution in [0, 0.1) is 0 Å². The van der Waals surface area contributed by atoms with Gasteiger partial charge in [0.25, 0.3) is 0 Å². The minimum Gasteiger partial charge on any atom is -0.508 e. The number of rotatable bonds is 4. The van der Waals surface area contributed by atoms with E-state index in [4.69, 9.17) is 0 Å². The number of aromatic hydroxyl groups is 4. The zero-order chi connectivity index (χ0) is 22.7. The highest BCUT2D eigenvalue weighted by atomic mass is 16.3. The van der Waals surface area contributed by atoms with E-state index >= 15 is 0 Å². The Balaban J connectivity index is 1.76. The molecular weight excluding hydrogens is 404 g/mol. The van der Waals surface area contributed by atoms with E-state index in [2.05, 4.69) is 0 Å². The van der Waals surface area contributed by atoms with Crippen LogP contribution in [0.25, 0.3) is 6.08 Å². The van der Waals surface area contributed by atoms with Crippen LogP contribution in [0.15, 0.2) is 84.5 Å². The zero-order valence-corrected chi connectivity index (χ0v) is 17.3. The van der Waals surface area contributed by atoms with Crippen molar-refractivity contribution in [3.05, 3.63) is 101 Å². The van der Waals surface area contributed by atoms with Crippen LogP contribution in [0.3, 0.4) is 0 Å². The number of hydrogen-bond donors (Lipinski definition) is 4. The number of hydrogen-bond acceptors (Lipinski definition) is 5. The molecule has 2 atom stereocenters. The summed E-state index contributed by atoms with van der Waals surface area (Å²) in [5, 5.41) is 39.9. The third-order valence-corrected chi connectivity index (χ3v) is 5.78. The zero-order valence-electron chi connectivity index (χ0n) is 17.3. The number of carbonyl (C=O) groups is 1. The third kappa shape index (κ3) is 4.83. The van der Waals surface area contributed by atoms with Gasteiger partial charge in [-0.1, -0.05) is 48.6 Å². The standard InChI is InChI=1S/C27H24O5/c28-21-10-18(7-6-17-4-2-1-3-5-17)11-24(20-12-22(29)15-23(30)13-20)25(16-21)19-8-9-26(31)27(32)14-19/h1-10,12-15,24-25,29-32H,11,16H2. The molecule has 0 spiro atoms. The number of phenols is 4. The van der Waals surface area contributed by atoms with Gasteiger partial charge in [-0.3, -0.25) is 4.79 Å². The Morgan fingerprint density at radius 1 is 0.688 bits per heavy atom. The van der Waals surface area contributed by atoms with Crippen LogP contribution in [0.1, 0.15) is 41.4 Å². The first-order valence-corrected chi connectivity index (χ1v) is 10.4. The van der Waals surface area contributed by atoms with Crippen LogP contribution in [-0.4, -0.2) is 26.2 Å². The maximum absolute atomic E-state index is 12.8. The quantitative estimate of drug-likeness (QED) is 0.418. The van der Waals surface area contributed by atoms with Crippen LogP contribution in [0.2, 0.25) is 0 Å². The highest BCUT2D eigenvalue weighted by Crippen LogP contribution is 2.45. The lowest BCUT2D eigenvalue weighted by atomic mass is 9.77. The lowest BCUT2D eigenvalue weighted by Crippen LogP contribution is -2.13. The van der Waals surface area contributed by atoms with Gasteiger partial charge in [-0.25, -0.2) is 0 Å². The van der Waals surface area contributed by atoms with Gasteiger partial charge in [-0.05, 0) is 70.9 Å². The Labute approximate surface area is 186 Å². The normalized spacial score (nSPS) is 19.0. The van der Waals surface area contributed by atoms with Crippen LogP contribution in [0.5, 0.6) is 23.0 Å². The van der Waals surface area contributed by atoms with Gasteiger partial charge in [0.05, 0.1) is 0 Å². The summed E-state index contributed by atoms with van der Waals surface area (Å²) in [5.41, 5.74) is 3.23. The molecule has 0 saturated heterocycles. The fourth-order valence-corrected chi connectivity index (χ4v) is 4.27. The van der Waals surface area contributed by atoms with Gasteiger partial charge in [-0.2, -0.15) is 0 Å². The number of benzene rings is 3. The molecule has 0 saturated carbocycles. The molecule has 1 aliphatic rings. The third-order valence-electron chi connectivity index (χ3n) is 5.78. The molecule has 1 aliphatic carbocycles. The molecule has 162 valence electrons. The Bertz CT molecular complexity index is 1170. The molecule has 4 N–H and O–H groups in total. The molecule has 0 fully saturated rings. The summed E-state index contributed by atoms with van der Waals surface area (Å²) >= 11 is 0. The summed E-state index contributed by atoms with van der Waals surface area (Å²) in [6.07, 6.45) is 6.18. The van der Waals surface area contributed by atoms with Crippen molar-refractivity contribution >= 4 is 11.9 Å². The molecule has 2 unspecified atom stereocenters. The van der Waals surface area contributed by atoms with E-state index in [-0.39, 0.29) is 47.0 Å². The minimum atomic E-state index is -0.325. The summed E-state index contributed by atoms with van der Waals surface area (Å²) in [6, 6.07) is 18.8. The largest absolute Gasteiger partial charge is 0.508 e. The Kier molecular flexibility index (Phi) is 5.99. The van der Waals surface area contributed by atoms with Crippen molar-refractivity contribution in [3.8, 4) is 23.0 Å². The van der Waals surface area contributed by atoms with Crippen LogP contribution >= 0.6 is 0 Å². The van der Waals surface area contributed by atoms with Gasteiger partial charge in [0.15, 0.2) is 17.3 Å². The average Bonchev–Trinajstić information content (AvgIpc) is 2.93. The molecule has 0 radical (unpaired) electrons. The van der Waals surface area contributed by atoms with Crippen molar-refractivity contribution in [3.63, 3.8) is 0 Å².